The van der Waals surface area contributed by atoms with Gasteiger partial charge in [-0.25, -0.2) is 14.4 Å². The molecule has 3 aromatic rings. The molecule has 0 aliphatic rings. The molecule has 0 bridgehead atoms. The number of carbonyl (C=O) groups excluding carboxylic acids is 1. The minimum absolute atomic E-state index is 0.178. The van der Waals surface area contributed by atoms with E-state index in [0.717, 1.165) is 11.3 Å². The molecule has 0 radical (unpaired) electrons. The molecular weight excluding hydrogens is 307 g/mol. The number of para-hydroxylation sites is 2. The van der Waals surface area contributed by atoms with E-state index >= 15 is 0 Å². The van der Waals surface area contributed by atoms with Crippen molar-refractivity contribution in [2.24, 2.45) is 0 Å². The van der Waals surface area contributed by atoms with Crippen LogP contribution in [0.25, 0.3) is 0 Å². The molecule has 5 nitrogen and oxygen atoms in total. The van der Waals surface area contributed by atoms with Crippen LogP contribution in [0.1, 0.15) is 16.1 Å². The van der Waals surface area contributed by atoms with Crippen molar-refractivity contribution in [2.75, 3.05) is 10.6 Å². The largest absolute Gasteiger partial charge is 0.337 e. The minimum Gasteiger partial charge on any atom is -0.337 e. The fraction of sp³-hybridized carbons (Fsp3) is 0.0556. The van der Waals surface area contributed by atoms with E-state index in [0.29, 0.717) is 11.5 Å². The summed E-state index contributed by atoms with van der Waals surface area (Å²) >= 11 is 0. The molecule has 1 aromatic heterocycles. The minimum atomic E-state index is -0.388. The Bertz CT molecular complexity index is 865. The lowest BCUT2D eigenvalue weighted by Crippen LogP contribution is -2.15. The summed E-state index contributed by atoms with van der Waals surface area (Å²) in [5.74, 6) is -0.387. The van der Waals surface area contributed by atoms with Gasteiger partial charge in [-0.1, -0.05) is 30.3 Å². The second-order valence-electron chi connectivity index (χ2n) is 5.16. The van der Waals surface area contributed by atoms with Crippen molar-refractivity contribution in [3.8, 4) is 0 Å². The first-order valence-corrected chi connectivity index (χ1v) is 7.34. The van der Waals surface area contributed by atoms with Crippen LogP contribution in [0, 0.1) is 12.7 Å². The van der Waals surface area contributed by atoms with Crippen LogP contribution in [0.15, 0.2) is 60.9 Å². The first-order chi connectivity index (χ1) is 11.6. The average Bonchev–Trinajstić information content (AvgIpc) is 2.59. The summed E-state index contributed by atoms with van der Waals surface area (Å²) in [7, 11) is 0. The van der Waals surface area contributed by atoms with Crippen LogP contribution >= 0.6 is 0 Å². The predicted molar refractivity (Wildman–Crippen MR) is 90.8 cm³/mol. The smallest absolute Gasteiger partial charge is 0.275 e. The van der Waals surface area contributed by atoms with E-state index in [1.54, 1.807) is 18.2 Å². The van der Waals surface area contributed by atoms with E-state index in [1.165, 1.54) is 18.5 Å². The predicted octanol–water partition coefficient (Wildman–Crippen LogP) is 3.92. The molecule has 2 aromatic carbocycles. The number of anilines is 3. The van der Waals surface area contributed by atoms with Crippen LogP contribution in [-0.2, 0) is 0 Å². The summed E-state index contributed by atoms with van der Waals surface area (Å²) in [6.45, 7) is 1.91. The standard InChI is InChI=1S/C18H15FN4O/c1-12-6-2-4-8-14(12)23-18(24)16-10-21-17(11-20-16)22-15-9-5-3-7-13(15)19/h2-11H,1H3,(H,21,22)(H,23,24). The summed E-state index contributed by atoms with van der Waals surface area (Å²) in [6.07, 6.45) is 2.73. The Balaban J connectivity index is 1.71. The number of hydrogen-bond acceptors (Lipinski definition) is 4. The number of aromatic nitrogens is 2. The summed E-state index contributed by atoms with van der Waals surface area (Å²) in [5, 5.41) is 5.60. The van der Waals surface area contributed by atoms with Gasteiger partial charge < -0.3 is 10.6 Å². The van der Waals surface area contributed by atoms with Gasteiger partial charge in [0.25, 0.3) is 5.91 Å². The Morgan fingerprint density at radius 2 is 1.67 bits per heavy atom. The highest BCUT2D eigenvalue weighted by Crippen LogP contribution is 2.18. The van der Waals surface area contributed by atoms with Crippen LogP contribution in [0.4, 0.5) is 21.6 Å². The maximum Gasteiger partial charge on any atom is 0.275 e. The van der Waals surface area contributed by atoms with Gasteiger partial charge in [-0.15, -0.1) is 0 Å². The van der Waals surface area contributed by atoms with Gasteiger partial charge >= 0.3 is 0 Å². The van der Waals surface area contributed by atoms with Gasteiger partial charge in [0, 0.05) is 5.69 Å². The molecule has 0 unspecified atom stereocenters. The normalized spacial score (nSPS) is 10.2. The van der Waals surface area contributed by atoms with Gasteiger partial charge in [0.05, 0.1) is 18.1 Å². The highest BCUT2D eigenvalue weighted by molar-refractivity contribution is 6.03. The quantitative estimate of drug-likeness (QED) is 0.764. The number of benzene rings is 2. The average molecular weight is 322 g/mol. The van der Waals surface area contributed by atoms with Gasteiger partial charge in [-0.2, -0.15) is 0 Å². The van der Waals surface area contributed by atoms with Crippen molar-refractivity contribution in [1.29, 1.82) is 0 Å². The number of hydrogen-bond donors (Lipinski definition) is 2. The number of amides is 1. The molecule has 0 aliphatic heterocycles. The zero-order chi connectivity index (χ0) is 16.9. The van der Waals surface area contributed by atoms with Gasteiger partial charge in [-0.05, 0) is 30.7 Å². The molecular formula is C18H15FN4O. The monoisotopic (exact) mass is 322 g/mol. The van der Waals surface area contributed by atoms with Gasteiger partial charge in [-0.3, -0.25) is 4.79 Å². The van der Waals surface area contributed by atoms with Crippen molar-refractivity contribution in [1.82, 2.24) is 9.97 Å². The zero-order valence-corrected chi connectivity index (χ0v) is 13.0. The van der Waals surface area contributed by atoms with Crippen molar-refractivity contribution >= 4 is 23.1 Å². The maximum absolute atomic E-state index is 13.6. The molecule has 3 rings (SSSR count). The molecule has 0 aliphatic carbocycles. The summed E-state index contributed by atoms with van der Waals surface area (Å²) < 4.78 is 13.6. The molecule has 120 valence electrons. The van der Waals surface area contributed by atoms with E-state index in [-0.39, 0.29) is 17.4 Å². The van der Waals surface area contributed by atoms with Gasteiger partial charge in [0.2, 0.25) is 0 Å². The Kier molecular flexibility index (Phi) is 4.47. The number of rotatable bonds is 4. The van der Waals surface area contributed by atoms with E-state index in [9.17, 15) is 9.18 Å². The molecule has 0 saturated carbocycles. The van der Waals surface area contributed by atoms with Crippen LogP contribution in [0.2, 0.25) is 0 Å². The molecule has 1 heterocycles. The van der Waals surface area contributed by atoms with Crippen molar-refractivity contribution in [3.63, 3.8) is 0 Å². The number of carbonyl (C=O) groups is 1. The molecule has 1 amide bonds. The van der Waals surface area contributed by atoms with E-state index in [1.807, 2.05) is 31.2 Å². The summed E-state index contributed by atoms with van der Waals surface area (Å²) in [5.41, 5.74) is 2.15. The molecule has 2 N–H and O–H groups in total. The number of aryl methyl sites for hydroxylation is 1. The number of nitrogens with zero attached hydrogens (tertiary/aromatic N) is 2. The fourth-order valence-corrected chi connectivity index (χ4v) is 2.11. The molecule has 0 fully saturated rings. The molecule has 0 atom stereocenters. The molecule has 0 spiro atoms. The van der Waals surface area contributed by atoms with E-state index in [2.05, 4.69) is 20.6 Å². The Morgan fingerprint density at radius 3 is 2.33 bits per heavy atom. The Labute approximate surface area is 138 Å². The third kappa shape index (κ3) is 3.55. The van der Waals surface area contributed by atoms with Crippen molar-refractivity contribution in [2.45, 2.75) is 6.92 Å². The lowest BCUT2D eigenvalue weighted by Gasteiger charge is -2.08. The Hall–Kier alpha value is -3.28. The third-order valence-electron chi connectivity index (χ3n) is 3.41. The van der Waals surface area contributed by atoms with Crippen molar-refractivity contribution in [3.05, 3.63) is 78.0 Å². The van der Waals surface area contributed by atoms with Crippen LogP contribution in [0.5, 0.6) is 0 Å². The van der Waals surface area contributed by atoms with Crippen LogP contribution < -0.4 is 10.6 Å². The Morgan fingerprint density at radius 1 is 0.958 bits per heavy atom. The SMILES string of the molecule is Cc1ccccc1NC(=O)c1cnc(Nc2ccccc2F)cn1. The number of halogens is 1. The lowest BCUT2D eigenvalue weighted by molar-refractivity contribution is 0.102. The van der Waals surface area contributed by atoms with Crippen LogP contribution in [0.3, 0.4) is 0 Å². The fourth-order valence-electron chi connectivity index (χ4n) is 2.11. The van der Waals surface area contributed by atoms with Crippen molar-refractivity contribution < 1.29 is 9.18 Å². The molecule has 0 saturated heterocycles. The highest BCUT2D eigenvalue weighted by atomic mass is 19.1. The summed E-state index contributed by atoms with van der Waals surface area (Å²) in [4.78, 5) is 20.4. The first kappa shape index (κ1) is 15.6. The highest BCUT2D eigenvalue weighted by Gasteiger charge is 2.10. The summed E-state index contributed by atoms with van der Waals surface area (Å²) in [6, 6.07) is 13.7. The second kappa shape index (κ2) is 6.87. The zero-order valence-electron chi connectivity index (χ0n) is 13.0. The first-order valence-electron chi connectivity index (χ1n) is 7.34. The van der Waals surface area contributed by atoms with E-state index in [4.69, 9.17) is 0 Å². The number of nitrogens with one attached hydrogen (secondary N) is 2. The van der Waals surface area contributed by atoms with E-state index < -0.39 is 0 Å². The van der Waals surface area contributed by atoms with Gasteiger partial charge in [0.15, 0.2) is 0 Å². The molecule has 6 heteroatoms. The third-order valence-corrected chi connectivity index (χ3v) is 3.41. The topological polar surface area (TPSA) is 66.9 Å². The second-order valence-corrected chi connectivity index (χ2v) is 5.16. The molecule has 24 heavy (non-hydrogen) atoms. The maximum atomic E-state index is 13.6. The lowest BCUT2D eigenvalue weighted by atomic mass is 10.2. The van der Waals surface area contributed by atoms with Crippen LogP contribution in [-0.4, -0.2) is 15.9 Å². The van der Waals surface area contributed by atoms with Gasteiger partial charge in [0.1, 0.15) is 17.3 Å².